The first kappa shape index (κ1) is 89.2. The van der Waals surface area contributed by atoms with Gasteiger partial charge < -0.3 is 92.5 Å². The number of hydrogen-bond donors (Lipinski definition) is 8. The fourth-order valence-corrected chi connectivity index (χ4v) is 13.8. The molecule has 2 heterocycles. The molecule has 3 fully saturated rings. The first-order valence-electron chi connectivity index (χ1n) is 28.4. The van der Waals surface area contributed by atoms with E-state index in [0.717, 1.165) is 108 Å². The van der Waals surface area contributed by atoms with Crippen LogP contribution in [0.15, 0.2) is 12.2 Å². The van der Waals surface area contributed by atoms with Crippen molar-refractivity contribution in [3.8, 4) is 0 Å². The summed E-state index contributed by atoms with van der Waals surface area (Å²) in [6, 6.07) is 0.241. The molecule has 12 atom stereocenters. The standard InChI is InChI=1S/C49H91N3O24P4S.4Na/c1-2-3-4-5-6-7-8-9-10-11-12-14-17-20-23-30-40(54)70-33-36(34-71-80(68,69)76-45-43(56)46(73-77(59,60)61)48(75-79(65,66)67)47(44(45)57)74-78(62,63)64)72-41(55)31-24-21-18-15-13-16-19-22-27-32-50-39(53)29-26-25-28-38-42-37(35-81-38)51-49(58)52-42;;;;/h9-10,36-38,42-48,56-57H,2-8,11-35H2,1H3,(H,50,53)(H,68,69)(H2,51,52,58)(H2,59,60,61)(H2,62,63,64)(H2,65,66,67);;;;/q;4*+1/p-4/b10-9+;;;;. The summed E-state index contributed by atoms with van der Waals surface area (Å²) in [5.74, 6) is -0.590. The van der Waals surface area contributed by atoms with Gasteiger partial charge in [-0.05, 0) is 57.8 Å². The largest absolute Gasteiger partial charge is 1.00 e. The summed E-state index contributed by atoms with van der Waals surface area (Å²) in [4.78, 5) is 126. The number of unbranched alkanes of at least 4 members (excludes halogenated alkanes) is 20. The van der Waals surface area contributed by atoms with Crippen molar-refractivity contribution in [2.75, 3.05) is 25.5 Å². The number of thioether (sulfide) groups is 1. The molecule has 27 nitrogen and oxygen atoms in total. The van der Waals surface area contributed by atoms with Crippen LogP contribution in [-0.2, 0) is 64.7 Å². The van der Waals surface area contributed by atoms with Gasteiger partial charge in [-0.3, -0.25) is 32.6 Å². The van der Waals surface area contributed by atoms with Crippen molar-refractivity contribution in [1.82, 2.24) is 16.0 Å². The molecule has 0 aromatic rings. The van der Waals surface area contributed by atoms with Gasteiger partial charge in [0, 0.05) is 36.8 Å². The number of rotatable bonds is 46. The Balaban J connectivity index is 0. The number of hydrogen-bond acceptors (Lipinski definition) is 22. The number of nitrogens with one attached hydrogen (secondary N) is 3. The summed E-state index contributed by atoms with van der Waals surface area (Å²) in [5, 5.41) is 31.0. The number of allylic oxidation sites excluding steroid dienone is 2. The number of aliphatic hydroxyl groups excluding tert-OH is 2. The van der Waals surface area contributed by atoms with E-state index >= 15 is 0 Å². The Morgan fingerprint density at radius 3 is 1.58 bits per heavy atom. The van der Waals surface area contributed by atoms with Crippen molar-refractivity contribution in [3.05, 3.63) is 12.2 Å². The molecular formula is C49H87N3Na4O24P4S. The van der Waals surface area contributed by atoms with Crippen molar-refractivity contribution >= 4 is 66.9 Å². The Hall–Kier alpha value is 2.13. The minimum atomic E-state index is -6.11. The number of ether oxygens (including phenoxy) is 2. The number of phosphoric ester groups is 4. The zero-order chi connectivity index (χ0) is 59.9. The maximum absolute atomic E-state index is 13.2. The average Bonchev–Trinajstić information content (AvgIpc) is 3.39. The van der Waals surface area contributed by atoms with Crippen LogP contribution in [0.1, 0.15) is 187 Å². The molecule has 2 saturated heterocycles. The van der Waals surface area contributed by atoms with Gasteiger partial charge in [0.2, 0.25) is 5.91 Å². The van der Waals surface area contributed by atoms with E-state index in [1.165, 1.54) is 38.5 Å². The summed E-state index contributed by atoms with van der Waals surface area (Å²) in [5.41, 5.74) is 0. The first-order valence-corrected chi connectivity index (χ1v) is 35.4. The molecule has 3 aliphatic rings. The van der Waals surface area contributed by atoms with Gasteiger partial charge >= 0.3 is 136 Å². The summed E-state index contributed by atoms with van der Waals surface area (Å²) in [6.45, 7) is 0.956. The number of carbonyl (C=O) groups is 4. The smallest absolute Gasteiger partial charge is 0.756 e. The Bertz CT molecular complexity index is 2070. The van der Waals surface area contributed by atoms with Crippen LogP contribution in [0, 0.1) is 0 Å². The van der Waals surface area contributed by atoms with E-state index in [1.807, 2.05) is 11.8 Å². The number of amides is 3. The number of aliphatic hydroxyl groups is 2. The molecule has 0 radical (unpaired) electrons. The fraction of sp³-hybridized carbons (Fsp3) is 0.878. The predicted octanol–water partition coefficient (Wildman–Crippen LogP) is -7.62. The Morgan fingerprint density at radius 1 is 0.600 bits per heavy atom. The molecule has 85 heavy (non-hydrogen) atoms. The van der Waals surface area contributed by atoms with Crippen LogP contribution < -0.4 is 154 Å². The third kappa shape index (κ3) is 41.5. The van der Waals surface area contributed by atoms with E-state index in [-0.39, 0.29) is 155 Å². The third-order valence-electron chi connectivity index (χ3n) is 13.8. The quantitative estimate of drug-likeness (QED) is 0.00701. The Kier molecular flexibility index (Phi) is 51.2. The van der Waals surface area contributed by atoms with Crippen LogP contribution in [0.25, 0.3) is 0 Å². The molecule has 3 rings (SSSR count). The van der Waals surface area contributed by atoms with Gasteiger partial charge in [-0.25, -0.2) is 4.79 Å². The summed E-state index contributed by atoms with van der Waals surface area (Å²) >= 11 is 1.86. The molecular weight excluding hydrogens is 1260 g/mol. The zero-order valence-corrected chi connectivity index (χ0v) is 62.6. The van der Waals surface area contributed by atoms with E-state index in [0.29, 0.717) is 37.5 Å². The zero-order valence-electron chi connectivity index (χ0n) is 50.2. The van der Waals surface area contributed by atoms with E-state index < -0.39 is 99.2 Å². The van der Waals surface area contributed by atoms with Crippen LogP contribution in [0.3, 0.4) is 0 Å². The molecule has 0 aromatic carbocycles. The van der Waals surface area contributed by atoms with E-state index in [1.54, 1.807) is 0 Å². The molecule has 1 aliphatic carbocycles. The Labute approximate surface area is 593 Å². The summed E-state index contributed by atoms with van der Waals surface area (Å²) < 4.78 is 80.9. The number of esters is 2. The predicted molar refractivity (Wildman–Crippen MR) is 288 cm³/mol. The molecule has 12 unspecified atom stereocenters. The van der Waals surface area contributed by atoms with Crippen LogP contribution in [0.5, 0.6) is 0 Å². The average molecular weight is 1350 g/mol. The van der Waals surface area contributed by atoms with Gasteiger partial charge in [-0.2, -0.15) is 11.8 Å². The molecule has 0 spiro atoms. The van der Waals surface area contributed by atoms with Crippen molar-refractivity contribution in [3.63, 3.8) is 0 Å². The molecule has 36 heteroatoms. The second-order valence-corrected chi connectivity index (χ2v) is 26.8. The monoisotopic (exact) mass is 1350 g/mol. The van der Waals surface area contributed by atoms with Crippen molar-refractivity contribution in [2.24, 2.45) is 0 Å². The van der Waals surface area contributed by atoms with E-state index in [4.69, 9.17) is 18.5 Å². The second-order valence-electron chi connectivity index (χ2n) is 20.7. The molecule has 0 bridgehead atoms. The van der Waals surface area contributed by atoms with E-state index in [2.05, 4.69) is 48.6 Å². The van der Waals surface area contributed by atoms with Gasteiger partial charge in [0.25, 0.3) is 31.3 Å². The van der Waals surface area contributed by atoms with Gasteiger partial charge in [0.05, 0.1) is 18.7 Å². The van der Waals surface area contributed by atoms with Crippen LogP contribution in [0.2, 0.25) is 0 Å². The Morgan fingerprint density at radius 2 is 1.06 bits per heavy atom. The van der Waals surface area contributed by atoms with Crippen molar-refractivity contribution in [1.29, 1.82) is 0 Å². The van der Waals surface area contributed by atoms with E-state index in [9.17, 15) is 81.9 Å². The van der Waals surface area contributed by atoms with Crippen LogP contribution >= 0.6 is 43.1 Å². The summed E-state index contributed by atoms with van der Waals surface area (Å²) in [6.07, 6.45) is 9.27. The normalized spacial score (nSPS) is 24.9. The molecule has 8 N–H and O–H groups in total. The fourth-order valence-electron chi connectivity index (χ4n) is 9.64. The maximum atomic E-state index is 13.2. The SMILES string of the molecule is CCCCCCCC/C=C/CCCCCCCC(=O)OCC(COP(=O)([O-])OC1C(O)C(OP(=O)([O-])O)C(OP(=O)([O-])O)C(OP(=O)([O-])O)C1O)OC(=O)CCCCCCCCCCCNC(=O)CCCCC1SCC2NC(=O)NC21.[Na+].[Na+].[Na+].[Na+]. The minimum absolute atomic E-state index is 0. The van der Waals surface area contributed by atoms with Crippen LogP contribution in [-0.4, -0.2) is 134 Å². The number of carbonyl (C=O) groups excluding carboxylic acids is 4. The molecule has 2 aliphatic heterocycles. The second kappa shape index (κ2) is 48.8. The van der Waals surface area contributed by atoms with Gasteiger partial charge in [-0.1, -0.05) is 122 Å². The van der Waals surface area contributed by atoms with Gasteiger partial charge in [0.15, 0.2) is 6.10 Å². The third-order valence-corrected chi connectivity index (χ3v) is 17.8. The molecule has 3 amide bonds. The topological polar surface area (TPSA) is 431 Å². The number of phosphoric acid groups is 4. The number of urea groups is 1. The first-order chi connectivity index (χ1) is 38.3. The van der Waals surface area contributed by atoms with Crippen molar-refractivity contribution in [2.45, 2.75) is 247 Å². The van der Waals surface area contributed by atoms with Gasteiger partial charge in [-0.15, -0.1) is 0 Å². The van der Waals surface area contributed by atoms with Crippen LogP contribution in [0.4, 0.5) is 4.79 Å². The summed E-state index contributed by atoms with van der Waals surface area (Å²) in [7, 11) is -24.3. The maximum Gasteiger partial charge on any atom is 1.00 e. The molecule has 1 saturated carbocycles. The number of fused-ring (bicyclic) bond motifs is 1. The molecule has 472 valence electrons. The minimum Gasteiger partial charge on any atom is -0.756 e. The molecule has 0 aromatic heterocycles. The van der Waals surface area contributed by atoms with Crippen molar-refractivity contribution < 1.29 is 232 Å². The van der Waals surface area contributed by atoms with Gasteiger partial charge in [0.1, 0.15) is 43.2 Å².